The molecule has 6 nitrogen and oxygen atoms in total. The second-order valence-electron chi connectivity index (χ2n) is 7.71. The van der Waals surface area contributed by atoms with E-state index in [9.17, 15) is 9.00 Å². The van der Waals surface area contributed by atoms with Crippen LogP contribution in [0.15, 0.2) is 47.3 Å². The quantitative estimate of drug-likeness (QED) is 0.520. The summed E-state index contributed by atoms with van der Waals surface area (Å²) in [7, 11) is -1.01. The molecule has 1 aliphatic heterocycles. The Morgan fingerprint density at radius 2 is 2.03 bits per heavy atom. The molecule has 164 valence electrons. The number of carbonyl (C=O) groups excluding carboxylic acids is 1. The third-order valence-electron chi connectivity index (χ3n) is 5.13. The van der Waals surface area contributed by atoms with Crippen molar-refractivity contribution in [3.8, 4) is 5.75 Å². The number of carbonyl (C=O) groups is 1. The monoisotopic (exact) mass is 432 g/mol. The zero-order chi connectivity index (χ0) is 21.0. The third kappa shape index (κ3) is 8.32. The van der Waals surface area contributed by atoms with Crippen LogP contribution in [0.2, 0.25) is 0 Å². The van der Waals surface area contributed by atoms with Crippen LogP contribution in [-0.2, 0) is 27.9 Å². The number of nitrogens with zero attached hydrogens (tertiary/aromatic N) is 1. The molecular weight excluding hydrogens is 400 g/mol. The second kappa shape index (κ2) is 12.5. The van der Waals surface area contributed by atoms with Crippen LogP contribution < -0.4 is 10.1 Å². The third-order valence-corrected chi connectivity index (χ3v) is 6.44. The molecular formula is C23H32N2O4S. The standard InChI is InChI=1S/C23H32N2O4S/c26-23(24-10-15-30(27)19-21-9-14-28-18-21)8-5-13-29-22-7-4-6-20(16-22)17-25-11-2-1-3-12-25/h4,6-7,9,14,16,18H,1-3,5,8,10-13,15,17,19H2,(H,24,26). The number of likely N-dealkylation sites (tertiary alicyclic amines) is 1. The van der Waals surface area contributed by atoms with Gasteiger partial charge in [0, 0.05) is 41.6 Å². The smallest absolute Gasteiger partial charge is 0.220 e. The number of ether oxygens (including phenoxy) is 1. The molecule has 1 aliphatic rings. The van der Waals surface area contributed by atoms with Crippen molar-refractivity contribution in [3.63, 3.8) is 0 Å². The summed E-state index contributed by atoms with van der Waals surface area (Å²) in [5.41, 5.74) is 2.19. The minimum absolute atomic E-state index is 0.0299. The van der Waals surface area contributed by atoms with E-state index in [-0.39, 0.29) is 5.91 Å². The first-order valence-electron chi connectivity index (χ1n) is 10.8. The fourth-order valence-electron chi connectivity index (χ4n) is 3.56. The fraction of sp³-hybridized carbons (Fsp3) is 0.522. The number of nitrogens with one attached hydrogen (secondary N) is 1. The number of furan rings is 1. The minimum Gasteiger partial charge on any atom is -0.494 e. The number of piperidine rings is 1. The van der Waals surface area contributed by atoms with Crippen molar-refractivity contribution in [2.24, 2.45) is 0 Å². The van der Waals surface area contributed by atoms with Crippen LogP contribution in [0.4, 0.5) is 0 Å². The lowest BCUT2D eigenvalue weighted by atomic mass is 10.1. The normalized spacial score (nSPS) is 15.6. The van der Waals surface area contributed by atoms with Gasteiger partial charge in [-0.3, -0.25) is 13.9 Å². The molecule has 0 radical (unpaired) electrons. The molecule has 1 fully saturated rings. The van der Waals surface area contributed by atoms with Gasteiger partial charge in [0.2, 0.25) is 5.91 Å². The number of amides is 1. The molecule has 2 heterocycles. The summed E-state index contributed by atoms with van der Waals surface area (Å²) in [5, 5.41) is 2.83. The molecule has 0 saturated carbocycles. The van der Waals surface area contributed by atoms with Crippen molar-refractivity contribution in [1.29, 1.82) is 0 Å². The summed E-state index contributed by atoms with van der Waals surface area (Å²) >= 11 is 0. The van der Waals surface area contributed by atoms with Gasteiger partial charge in [0.15, 0.2) is 0 Å². The molecule has 1 aromatic heterocycles. The maximum absolute atomic E-state index is 12.0. The molecule has 2 aromatic rings. The summed E-state index contributed by atoms with van der Waals surface area (Å²) in [6, 6.07) is 10.1. The Labute approximate surface area is 181 Å². The molecule has 0 bridgehead atoms. The van der Waals surface area contributed by atoms with E-state index in [4.69, 9.17) is 9.15 Å². The van der Waals surface area contributed by atoms with Gasteiger partial charge < -0.3 is 14.5 Å². The Kier molecular flexibility index (Phi) is 9.44. The van der Waals surface area contributed by atoms with Crippen molar-refractivity contribution in [3.05, 3.63) is 54.0 Å². The van der Waals surface area contributed by atoms with Gasteiger partial charge in [-0.25, -0.2) is 0 Å². The molecule has 1 unspecified atom stereocenters. The summed E-state index contributed by atoms with van der Waals surface area (Å²) < 4.78 is 22.8. The highest BCUT2D eigenvalue weighted by Gasteiger charge is 2.11. The van der Waals surface area contributed by atoms with E-state index in [1.807, 2.05) is 12.1 Å². The lowest BCUT2D eigenvalue weighted by Crippen LogP contribution is -2.29. The Morgan fingerprint density at radius 1 is 1.17 bits per heavy atom. The number of benzene rings is 1. The SMILES string of the molecule is O=C(CCCOc1cccc(CN2CCCCC2)c1)NCCS(=O)Cc1ccoc1. The van der Waals surface area contributed by atoms with Gasteiger partial charge in [-0.15, -0.1) is 0 Å². The van der Waals surface area contributed by atoms with Gasteiger partial charge >= 0.3 is 0 Å². The van der Waals surface area contributed by atoms with Gasteiger partial charge in [-0.2, -0.15) is 0 Å². The van der Waals surface area contributed by atoms with E-state index in [1.54, 1.807) is 18.6 Å². The Morgan fingerprint density at radius 3 is 2.83 bits per heavy atom. The van der Waals surface area contributed by atoms with Gasteiger partial charge in [0.05, 0.1) is 24.9 Å². The van der Waals surface area contributed by atoms with Gasteiger partial charge in [-0.1, -0.05) is 18.6 Å². The Bertz CT molecular complexity index is 788. The second-order valence-corrected chi connectivity index (χ2v) is 9.28. The molecule has 1 amide bonds. The van der Waals surface area contributed by atoms with E-state index < -0.39 is 10.8 Å². The average Bonchev–Trinajstić information content (AvgIpc) is 3.25. The first-order valence-corrected chi connectivity index (χ1v) is 12.2. The topological polar surface area (TPSA) is 71.8 Å². The average molecular weight is 433 g/mol. The van der Waals surface area contributed by atoms with Gasteiger partial charge in [0.25, 0.3) is 0 Å². The Balaban J connectivity index is 1.26. The molecule has 1 N–H and O–H groups in total. The number of hydrogen-bond acceptors (Lipinski definition) is 5. The van der Waals surface area contributed by atoms with Crippen molar-refractivity contribution < 1.29 is 18.2 Å². The van der Waals surface area contributed by atoms with Gasteiger partial charge in [-0.05, 0) is 56.1 Å². The lowest BCUT2D eigenvalue weighted by Gasteiger charge is -2.26. The van der Waals surface area contributed by atoms with Crippen molar-refractivity contribution >= 4 is 16.7 Å². The molecule has 0 spiro atoms. The van der Waals surface area contributed by atoms with E-state index >= 15 is 0 Å². The largest absolute Gasteiger partial charge is 0.494 e. The molecule has 30 heavy (non-hydrogen) atoms. The summed E-state index contributed by atoms with van der Waals surface area (Å²) in [5.74, 6) is 1.73. The predicted molar refractivity (Wildman–Crippen MR) is 119 cm³/mol. The summed E-state index contributed by atoms with van der Waals surface area (Å²) in [6.07, 6.45) is 8.15. The first-order chi connectivity index (χ1) is 14.7. The van der Waals surface area contributed by atoms with Crippen LogP contribution >= 0.6 is 0 Å². The zero-order valence-corrected chi connectivity index (χ0v) is 18.3. The van der Waals surface area contributed by atoms with Crippen LogP contribution in [0.3, 0.4) is 0 Å². The summed E-state index contributed by atoms with van der Waals surface area (Å²) in [4.78, 5) is 14.4. The van der Waals surface area contributed by atoms with Crippen molar-refractivity contribution in [2.45, 2.75) is 44.4 Å². The zero-order valence-electron chi connectivity index (χ0n) is 17.5. The number of rotatable bonds is 12. The van der Waals surface area contributed by atoms with E-state index in [2.05, 4.69) is 22.3 Å². The molecule has 0 aliphatic carbocycles. The van der Waals surface area contributed by atoms with Crippen molar-refractivity contribution in [2.75, 3.05) is 32.0 Å². The maximum atomic E-state index is 12.0. The lowest BCUT2D eigenvalue weighted by molar-refractivity contribution is -0.121. The van der Waals surface area contributed by atoms with Crippen LogP contribution in [0.25, 0.3) is 0 Å². The molecule has 1 aromatic carbocycles. The minimum atomic E-state index is -1.01. The molecule has 3 rings (SSSR count). The van der Waals surface area contributed by atoms with Gasteiger partial charge in [0.1, 0.15) is 5.75 Å². The highest BCUT2D eigenvalue weighted by molar-refractivity contribution is 7.84. The first kappa shape index (κ1) is 22.6. The Hall–Kier alpha value is -2.12. The highest BCUT2D eigenvalue weighted by Crippen LogP contribution is 2.18. The fourth-order valence-corrected chi connectivity index (χ4v) is 4.57. The number of hydrogen-bond donors (Lipinski definition) is 1. The predicted octanol–water partition coefficient (Wildman–Crippen LogP) is 3.49. The van der Waals surface area contributed by atoms with E-state index in [1.165, 1.54) is 37.9 Å². The van der Waals surface area contributed by atoms with E-state index in [0.29, 0.717) is 37.5 Å². The highest BCUT2D eigenvalue weighted by atomic mass is 32.2. The van der Waals surface area contributed by atoms with E-state index in [0.717, 1.165) is 17.9 Å². The molecule has 1 atom stereocenters. The van der Waals surface area contributed by atoms with Crippen LogP contribution in [-0.4, -0.2) is 47.0 Å². The van der Waals surface area contributed by atoms with Crippen LogP contribution in [0.5, 0.6) is 5.75 Å². The van der Waals surface area contributed by atoms with Crippen LogP contribution in [0, 0.1) is 0 Å². The summed E-state index contributed by atoms with van der Waals surface area (Å²) in [6.45, 7) is 4.26. The molecule has 1 saturated heterocycles. The maximum Gasteiger partial charge on any atom is 0.220 e. The van der Waals surface area contributed by atoms with Crippen molar-refractivity contribution in [1.82, 2.24) is 10.2 Å². The van der Waals surface area contributed by atoms with Crippen LogP contribution in [0.1, 0.15) is 43.2 Å². The molecule has 7 heteroatoms.